The molecule has 4 atom stereocenters. The number of hydrogen-bond acceptors (Lipinski definition) is 3. The van der Waals surface area contributed by atoms with Crippen molar-refractivity contribution in [1.29, 1.82) is 0 Å². The Balaban J connectivity index is 1.73. The summed E-state index contributed by atoms with van der Waals surface area (Å²) in [5.41, 5.74) is -0.534. The van der Waals surface area contributed by atoms with Crippen LogP contribution in [0.3, 0.4) is 0 Å². The second-order valence-corrected chi connectivity index (χ2v) is 6.76. The number of halogens is 4. The van der Waals surface area contributed by atoms with Gasteiger partial charge in [-0.1, -0.05) is 0 Å². The van der Waals surface area contributed by atoms with Crippen molar-refractivity contribution >= 4 is 16.8 Å². The molecule has 27 heavy (non-hydrogen) atoms. The molecule has 2 aromatic rings. The molecule has 1 fully saturated rings. The Labute approximate surface area is 152 Å². The molecule has 9 heteroatoms. The first kappa shape index (κ1) is 19.3. The fraction of sp³-hybridized carbons (Fsp3) is 0.444. The maximum Gasteiger partial charge on any atom is 0.252 e. The molecule has 0 radical (unpaired) electrons. The van der Waals surface area contributed by atoms with E-state index in [1.807, 2.05) is 0 Å². The topological polar surface area (TPSA) is 74.0 Å². The first-order chi connectivity index (χ1) is 12.8. The predicted molar refractivity (Wildman–Crippen MR) is 92.0 cm³/mol. The van der Waals surface area contributed by atoms with Crippen molar-refractivity contribution in [3.8, 4) is 0 Å². The summed E-state index contributed by atoms with van der Waals surface area (Å²) in [5, 5.41) is 5.13. The number of pyridine rings is 1. The number of hydrogen-bond donors (Lipinski definition) is 3. The molecule has 0 aliphatic carbocycles. The van der Waals surface area contributed by atoms with E-state index in [1.165, 1.54) is 6.07 Å². The average Bonchev–Trinajstić information content (AvgIpc) is 2.59. The Hall–Kier alpha value is -2.42. The van der Waals surface area contributed by atoms with E-state index in [2.05, 4.69) is 15.6 Å². The molecule has 2 heterocycles. The summed E-state index contributed by atoms with van der Waals surface area (Å²) in [6, 6.07) is 1.86. The van der Waals surface area contributed by atoms with Crippen molar-refractivity contribution in [1.82, 2.24) is 15.6 Å². The third-order valence-corrected chi connectivity index (χ3v) is 4.72. The van der Waals surface area contributed by atoms with Crippen molar-refractivity contribution < 1.29 is 22.4 Å². The van der Waals surface area contributed by atoms with Gasteiger partial charge in [0.15, 0.2) is 11.6 Å². The van der Waals surface area contributed by atoms with Crippen molar-refractivity contribution in [3.63, 3.8) is 0 Å². The summed E-state index contributed by atoms with van der Waals surface area (Å²) in [7, 11) is 0. The number of nitrogens with one attached hydrogen (secondary N) is 3. The zero-order valence-corrected chi connectivity index (χ0v) is 14.5. The van der Waals surface area contributed by atoms with Crippen LogP contribution >= 0.6 is 0 Å². The zero-order chi connectivity index (χ0) is 19.7. The Bertz CT molecular complexity index is 917. The summed E-state index contributed by atoms with van der Waals surface area (Å²) >= 11 is 0. The van der Waals surface area contributed by atoms with E-state index in [0.29, 0.717) is 0 Å². The Morgan fingerprint density at radius 2 is 2.07 bits per heavy atom. The Morgan fingerprint density at radius 3 is 2.78 bits per heavy atom. The molecule has 1 aliphatic heterocycles. The van der Waals surface area contributed by atoms with Gasteiger partial charge in [0, 0.05) is 30.0 Å². The van der Waals surface area contributed by atoms with Crippen molar-refractivity contribution in [2.45, 2.75) is 44.2 Å². The van der Waals surface area contributed by atoms with E-state index in [-0.39, 0.29) is 35.9 Å². The molecular weight excluding hydrogens is 366 g/mol. The maximum absolute atomic E-state index is 14.0. The zero-order valence-electron chi connectivity index (χ0n) is 14.5. The van der Waals surface area contributed by atoms with Gasteiger partial charge < -0.3 is 15.6 Å². The molecule has 3 N–H and O–H groups in total. The number of benzene rings is 1. The normalized spacial score (nSPS) is 24.0. The average molecular weight is 385 g/mol. The van der Waals surface area contributed by atoms with Crippen LogP contribution in [0.5, 0.6) is 0 Å². The number of rotatable bonds is 4. The number of aromatic amines is 1. The van der Waals surface area contributed by atoms with Gasteiger partial charge in [-0.15, -0.1) is 0 Å². The molecule has 0 spiro atoms. The standard InChI is InChI=1S/C18H19F4N3O2/c1-8(17-13(21)6-10(19)7-23-17)24-15(26)5-9-4-11-14(25-18(9)27)3-2-12(20)16(11)22/h2-4,8,10,13,17,23H,5-7H2,1H3,(H,24,26)(H,25,27)/t8-,10?,13?,17?/m1/s1. The Morgan fingerprint density at radius 1 is 1.33 bits per heavy atom. The summed E-state index contributed by atoms with van der Waals surface area (Å²) < 4.78 is 54.4. The number of alkyl halides is 2. The van der Waals surface area contributed by atoms with Gasteiger partial charge in [-0.05, 0) is 25.1 Å². The number of piperidine rings is 1. The van der Waals surface area contributed by atoms with Gasteiger partial charge >= 0.3 is 0 Å². The summed E-state index contributed by atoms with van der Waals surface area (Å²) in [5.74, 6) is -2.77. The molecule has 3 unspecified atom stereocenters. The van der Waals surface area contributed by atoms with Crippen LogP contribution in [-0.2, 0) is 11.2 Å². The molecule has 1 amide bonds. The highest BCUT2D eigenvalue weighted by molar-refractivity contribution is 5.83. The van der Waals surface area contributed by atoms with Crippen LogP contribution in [0, 0.1) is 11.6 Å². The fourth-order valence-electron chi connectivity index (χ4n) is 3.31. The highest BCUT2D eigenvalue weighted by Gasteiger charge is 2.34. The van der Waals surface area contributed by atoms with Gasteiger partial charge in [0.25, 0.3) is 5.56 Å². The second kappa shape index (κ2) is 7.67. The minimum absolute atomic E-state index is 0.000477. The molecule has 0 saturated carbocycles. The number of carbonyl (C=O) groups is 1. The van der Waals surface area contributed by atoms with Gasteiger partial charge in [-0.2, -0.15) is 0 Å². The molecule has 1 aromatic heterocycles. The van der Waals surface area contributed by atoms with Crippen molar-refractivity contribution in [2.24, 2.45) is 0 Å². The SMILES string of the molecule is C[C@@H](NC(=O)Cc1cc2c(F)c(F)ccc2[nH]c1=O)C1NCC(F)CC1F. The van der Waals surface area contributed by atoms with Gasteiger partial charge in [-0.25, -0.2) is 17.6 Å². The van der Waals surface area contributed by atoms with Crippen molar-refractivity contribution in [3.05, 3.63) is 45.8 Å². The van der Waals surface area contributed by atoms with E-state index in [4.69, 9.17) is 0 Å². The van der Waals surface area contributed by atoms with E-state index < -0.39 is 47.5 Å². The van der Waals surface area contributed by atoms with Crippen LogP contribution < -0.4 is 16.2 Å². The monoisotopic (exact) mass is 385 g/mol. The van der Waals surface area contributed by atoms with Crippen molar-refractivity contribution in [2.75, 3.05) is 6.54 Å². The number of H-pyrrole nitrogens is 1. The molecule has 1 aromatic carbocycles. The minimum Gasteiger partial charge on any atom is -0.352 e. The van der Waals surface area contributed by atoms with Crippen LogP contribution in [0.1, 0.15) is 18.9 Å². The molecule has 1 aliphatic rings. The lowest BCUT2D eigenvalue weighted by molar-refractivity contribution is -0.121. The Kier molecular flexibility index (Phi) is 5.50. The van der Waals surface area contributed by atoms with E-state index >= 15 is 0 Å². The van der Waals surface area contributed by atoms with E-state index in [1.54, 1.807) is 6.92 Å². The number of carbonyl (C=O) groups excluding carboxylic acids is 1. The highest BCUT2D eigenvalue weighted by Crippen LogP contribution is 2.19. The lowest BCUT2D eigenvalue weighted by atomic mass is 9.96. The quantitative estimate of drug-likeness (QED) is 0.704. The molecule has 146 valence electrons. The summed E-state index contributed by atoms with van der Waals surface area (Å²) in [4.78, 5) is 26.7. The van der Waals surface area contributed by atoms with E-state index in [0.717, 1.165) is 12.1 Å². The number of aromatic nitrogens is 1. The van der Waals surface area contributed by atoms with Crippen LogP contribution in [-0.4, -0.2) is 41.9 Å². The minimum atomic E-state index is -1.45. The number of fused-ring (bicyclic) bond motifs is 1. The largest absolute Gasteiger partial charge is 0.352 e. The maximum atomic E-state index is 14.0. The van der Waals surface area contributed by atoms with Crippen LogP contribution in [0.4, 0.5) is 17.6 Å². The van der Waals surface area contributed by atoms with Gasteiger partial charge in [0.05, 0.1) is 18.0 Å². The van der Waals surface area contributed by atoms with Gasteiger partial charge in [-0.3, -0.25) is 9.59 Å². The molecule has 3 rings (SSSR count). The second-order valence-electron chi connectivity index (χ2n) is 6.76. The van der Waals surface area contributed by atoms with Gasteiger partial charge in [0.1, 0.15) is 12.3 Å². The first-order valence-electron chi connectivity index (χ1n) is 8.57. The lowest BCUT2D eigenvalue weighted by Gasteiger charge is -2.34. The molecular formula is C18H19F4N3O2. The first-order valence-corrected chi connectivity index (χ1v) is 8.57. The molecule has 5 nitrogen and oxygen atoms in total. The van der Waals surface area contributed by atoms with Crippen LogP contribution in [0.25, 0.3) is 10.9 Å². The van der Waals surface area contributed by atoms with E-state index in [9.17, 15) is 27.2 Å². The third-order valence-electron chi connectivity index (χ3n) is 4.72. The third kappa shape index (κ3) is 4.13. The lowest BCUT2D eigenvalue weighted by Crippen LogP contribution is -2.58. The highest BCUT2D eigenvalue weighted by atomic mass is 19.2. The van der Waals surface area contributed by atoms with Gasteiger partial charge in [0.2, 0.25) is 5.91 Å². The predicted octanol–water partition coefficient (Wildman–Crippen LogP) is 1.89. The number of amides is 1. The fourth-order valence-corrected chi connectivity index (χ4v) is 3.31. The van der Waals surface area contributed by atoms with Crippen LogP contribution in [0.15, 0.2) is 23.0 Å². The molecule has 0 bridgehead atoms. The summed E-state index contributed by atoms with van der Waals surface area (Å²) in [6.07, 6.45) is -3.36. The van der Waals surface area contributed by atoms with Crippen LogP contribution in [0.2, 0.25) is 0 Å². The molecule has 1 saturated heterocycles. The smallest absolute Gasteiger partial charge is 0.252 e. The summed E-state index contributed by atoms with van der Waals surface area (Å²) in [6.45, 7) is 1.57.